The van der Waals surface area contributed by atoms with E-state index in [-0.39, 0.29) is 11.3 Å². The third-order valence-corrected chi connectivity index (χ3v) is 4.65. The van der Waals surface area contributed by atoms with Gasteiger partial charge in [-0.05, 0) is 42.7 Å². The van der Waals surface area contributed by atoms with Gasteiger partial charge >= 0.3 is 6.18 Å². The summed E-state index contributed by atoms with van der Waals surface area (Å²) in [5.41, 5.74) is 3.67. The SMILES string of the molecule is Cc1ccc2c(c1)nc(C(F)(F)F)n2-c1cnc(NCc2ccccc2C)cn1. The van der Waals surface area contributed by atoms with Crippen molar-refractivity contribution in [3.8, 4) is 5.82 Å². The van der Waals surface area contributed by atoms with Crippen LogP contribution in [0.5, 0.6) is 0 Å². The zero-order chi connectivity index (χ0) is 20.6. The molecule has 4 aromatic rings. The molecule has 0 bridgehead atoms. The van der Waals surface area contributed by atoms with Crippen molar-refractivity contribution in [1.82, 2.24) is 19.5 Å². The van der Waals surface area contributed by atoms with Crippen molar-refractivity contribution in [2.24, 2.45) is 0 Å². The van der Waals surface area contributed by atoms with E-state index in [9.17, 15) is 13.2 Å². The van der Waals surface area contributed by atoms with E-state index < -0.39 is 12.0 Å². The number of nitrogens with zero attached hydrogens (tertiary/aromatic N) is 4. The number of fused-ring (bicyclic) bond motifs is 1. The van der Waals surface area contributed by atoms with Crippen molar-refractivity contribution in [2.45, 2.75) is 26.6 Å². The molecule has 4 rings (SSSR count). The lowest BCUT2D eigenvalue weighted by Gasteiger charge is -2.12. The fraction of sp³-hybridized carbons (Fsp3) is 0.190. The van der Waals surface area contributed by atoms with E-state index in [0.717, 1.165) is 21.3 Å². The Morgan fingerprint density at radius 1 is 1.00 bits per heavy atom. The molecule has 0 aliphatic heterocycles. The van der Waals surface area contributed by atoms with E-state index in [2.05, 4.69) is 20.3 Å². The summed E-state index contributed by atoms with van der Waals surface area (Å²) < 4.78 is 41.7. The molecule has 0 aliphatic carbocycles. The summed E-state index contributed by atoms with van der Waals surface area (Å²) in [4.78, 5) is 12.2. The van der Waals surface area contributed by atoms with Crippen molar-refractivity contribution in [3.05, 3.63) is 77.4 Å². The second kappa shape index (κ2) is 7.20. The highest BCUT2D eigenvalue weighted by Crippen LogP contribution is 2.33. The van der Waals surface area contributed by atoms with Crippen molar-refractivity contribution in [3.63, 3.8) is 0 Å². The van der Waals surface area contributed by atoms with Crippen molar-refractivity contribution in [1.29, 1.82) is 0 Å². The van der Waals surface area contributed by atoms with E-state index in [1.165, 1.54) is 12.4 Å². The number of aromatic nitrogens is 4. The maximum absolute atomic E-state index is 13.6. The highest BCUT2D eigenvalue weighted by molar-refractivity contribution is 5.78. The summed E-state index contributed by atoms with van der Waals surface area (Å²) in [7, 11) is 0. The van der Waals surface area contributed by atoms with Gasteiger partial charge in [0.2, 0.25) is 5.82 Å². The Bertz CT molecular complexity index is 1160. The summed E-state index contributed by atoms with van der Waals surface area (Å²) in [6.07, 6.45) is -1.87. The molecular weight excluding hydrogens is 379 g/mol. The summed E-state index contributed by atoms with van der Waals surface area (Å²) in [5, 5.41) is 3.14. The fourth-order valence-electron chi connectivity index (χ4n) is 3.13. The number of hydrogen-bond acceptors (Lipinski definition) is 4. The molecule has 0 spiro atoms. The van der Waals surface area contributed by atoms with Gasteiger partial charge in [0.25, 0.3) is 0 Å². The number of aryl methyl sites for hydroxylation is 2. The van der Waals surface area contributed by atoms with E-state index in [1.807, 2.05) is 31.2 Å². The van der Waals surface area contributed by atoms with E-state index in [0.29, 0.717) is 17.9 Å². The lowest BCUT2D eigenvalue weighted by molar-refractivity contribution is -0.145. The number of rotatable bonds is 4. The molecule has 0 amide bonds. The quantitative estimate of drug-likeness (QED) is 0.523. The van der Waals surface area contributed by atoms with Gasteiger partial charge in [0.15, 0.2) is 5.82 Å². The minimum absolute atomic E-state index is 0.0603. The molecule has 0 saturated carbocycles. The van der Waals surface area contributed by atoms with Crippen molar-refractivity contribution >= 4 is 16.9 Å². The summed E-state index contributed by atoms with van der Waals surface area (Å²) >= 11 is 0. The molecule has 0 aliphatic rings. The van der Waals surface area contributed by atoms with Gasteiger partial charge in [-0.3, -0.25) is 4.57 Å². The largest absolute Gasteiger partial charge is 0.450 e. The average Bonchev–Trinajstić information content (AvgIpc) is 3.07. The first kappa shape index (κ1) is 18.9. The summed E-state index contributed by atoms with van der Waals surface area (Å²) in [6, 6.07) is 12.9. The molecule has 0 fully saturated rings. The number of imidazole rings is 1. The Morgan fingerprint density at radius 3 is 2.48 bits per heavy atom. The van der Waals surface area contributed by atoms with Crippen LogP contribution in [0.15, 0.2) is 54.9 Å². The maximum atomic E-state index is 13.6. The standard InChI is InChI=1S/C21H18F3N5/c1-13-7-8-17-16(9-13)28-20(21(22,23)24)29(17)19-12-26-18(11-27-19)25-10-15-6-4-3-5-14(15)2/h3-9,11-12H,10H2,1-2H3,(H,25,26). The Balaban J connectivity index is 1.67. The van der Waals surface area contributed by atoms with Crippen LogP contribution in [0.3, 0.4) is 0 Å². The van der Waals surface area contributed by atoms with Gasteiger partial charge in [0, 0.05) is 6.54 Å². The zero-order valence-electron chi connectivity index (χ0n) is 15.8. The molecule has 148 valence electrons. The van der Waals surface area contributed by atoms with Crippen molar-refractivity contribution < 1.29 is 13.2 Å². The van der Waals surface area contributed by atoms with Crippen LogP contribution >= 0.6 is 0 Å². The second-order valence-electron chi connectivity index (χ2n) is 6.80. The second-order valence-corrected chi connectivity index (χ2v) is 6.80. The summed E-state index contributed by atoms with van der Waals surface area (Å²) in [5.74, 6) is -0.482. The molecule has 0 saturated heterocycles. The van der Waals surface area contributed by atoms with Crippen molar-refractivity contribution in [2.75, 3.05) is 5.32 Å². The molecule has 0 unspecified atom stereocenters. The van der Waals surface area contributed by atoms with Crippen LogP contribution in [0.4, 0.5) is 19.0 Å². The fourth-order valence-corrected chi connectivity index (χ4v) is 3.13. The minimum atomic E-state index is -4.61. The number of alkyl halides is 3. The van der Waals surface area contributed by atoms with Crippen LogP contribution in [0.1, 0.15) is 22.5 Å². The van der Waals surface area contributed by atoms with Crippen LogP contribution in [-0.2, 0) is 12.7 Å². The predicted octanol–water partition coefficient (Wildman–Crippen LogP) is 5.06. The number of nitrogens with one attached hydrogen (secondary N) is 1. The Labute approximate surface area is 165 Å². The van der Waals surface area contributed by atoms with E-state index >= 15 is 0 Å². The molecule has 2 aromatic carbocycles. The molecule has 2 heterocycles. The normalized spacial score (nSPS) is 11.8. The van der Waals surface area contributed by atoms with Gasteiger partial charge in [0.05, 0.1) is 23.4 Å². The first-order valence-electron chi connectivity index (χ1n) is 9.00. The number of hydrogen-bond donors (Lipinski definition) is 1. The maximum Gasteiger partial charge on any atom is 0.450 e. The van der Waals surface area contributed by atoms with Crippen LogP contribution < -0.4 is 5.32 Å². The predicted molar refractivity (Wildman–Crippen MR) is 105 cm³/mol. The number of benzene rings is 2. The van der Waals surface area contributed by atoms with Crippen LogP contribution in [0.2, 0.25) is 0 Å². The molecule has 0 atom stereocenters. The minimum Gasteiger partial charge on any atom is -0.365 e. The first-order chi connectivity index (χ1) is 13.8. The third-order valence-electron chi connectivity index (χ3n) is 4.65. The molecule has 1 N–H and O–H groups in total. The third kappa shape index (κ3) is 3.78. The highest BCUT2D eigenvalue weighted by atomic mass is 19.4. The highest BCUT2D eigenvalue weighted by Gasteiger charge is 2.38. The van der Waals surface area contributed by atoms with E-state index in [1.54, 1.807) is 25.1 Å². The lowest BCUT2D eigenvalue weighted by Crippen LogP contribution is -2.15. The van der Waals surface area contributed by atoms with Crippen LogP contribution in [0, 0.1) is 13.8 Å². The zero-order valence-corrected chi connectivity index (χ0v) is 15.8. The van der Waals surface area contributed by atoms with Crippen LogP contribution in [-0.4, -0.2) is 19.5 Å². The average molecular weight is 397 g/mol. The molecule has 8 heteroatoms. The first-order valence-corrected chi connectivity index (χ1v) is 9.00. The Hall–Kier alpha value is -3.42. The van der Waals surface area contributed by atoms with Gasteiger partial charge in [-0.2, -0.15) is 13.2 Å². The lowest BCUT2D eigenvalue weighted by atomic mass is 10.1. The summed E-state index contributed by atoms with van der Waals surface area (Å²) in [6.45, 7) is 4.36. The number of anilines is 1. The molecular formula is C21H18F3N5. The molecule has 29 heavy (non-hydrogen) atoms. The van der Waals surface area contributed by atoms with Crippen LogP contribution in [0.25, 0.3) is 16.9 Å². The molecule has 2 aromatic heterocycles. The van der Waals surface area contributed by atoms with E-state index in [4.69, 9.17) is 0 Å². The topological polar surface area (TPSA) is 55.6 Å². The van der Waals surface area contributed by atoms with Gasteiger partial charge in [0.1, 0.15) is 5.82 Å². The van der Waals surface area contributed by atoms with Gasteiger partial charge in [-0.25, -0.2) is 15.0 Å². The number of halogens is 3. The smallest absolute Gasteiger partial charge is 0.365 e. The monoisotopic (exact) mass is 397 g/mol. The Morgan fingerprint density at radius 2 is 1.79 bits per heavy atom. The Kier molecular flexibility index (Phi) is 4.70. The van der Waals surface area contributed by atoms with Gasteiger partial charge in [-0.1, -0.05) is 30.3 Å². The van der Waals surface area contributed by atoms with Gasteiger partial charge < -0.3 is 5.32 Å². The molecule has 5 nitrogen and oxygen atoms in total. The molecule has 0 radical (unpaired) electrons. The van der Waals surface area contributed by atoms with Gasteiger partial charge in [-0.15, -0.1) is 0 Å².